The molecule has 0 bridgehead atoms. The summed E-state index contributed by atoms with van der Waals surface area (Å²) in [7, 11) is 1.92. The van der Waals surface area contributed by atoms with Crippen molar-refractivity contribution in [3.63, 3.8) is 0 Å². The van der Waals surface area contributed by atoms with Crippen molar-refractivity contribution in [2.45, 2.75) is 50.6 Å². The Balaban J connectivity index is 0.00000280. The number of anilines is 1. The minimum Gasteiger partial charge on any atom is -0.350 e. The van der Waals surface area contributed by atoms with Crippen molar-refractivity contribution in [2.75, 3.05) is 18.1 Å². The third-order valence-electron chi connectivity index (χ3n) is 4.98. The molecule has 1 amide bonds. The van der Waals surface area contributed by atoms with E-state index in [4.69, 9.17) is 4.99 Å². The Morgan fingerprint density at radius 1 is 1.39 bits per heavy atom. The number of benzene rings is 1. The van der Waals surface area contributed by atoms with E-state index in [1.165, 1.54) is 19.3 Å². The maximum Gasteiger partial charge on any atom is 0.271 e. The Bertz CT molecular complexity index is 758. The quantitative estimate of drug-likeness (QED) is 0.558. The van der Waals surface area contributed by atoms with Crippen molar-refractivity contribution in [2.24, 2.45) is 4.99 Å². The zero-order valence-corrected chi connectivity index (χ0v) is 17.2. The summed E-state index contributed by atoms with van der Waals surface area (Å²) in [6.07, 6.45) is 6.13. The van der Waals surface area contributed by atoms with Crippen LogP contribution in [0.15, 0.2) is 23.2 Å². The molecule has 1 heterocycles. The van der Waals surface area contributed by atoms with Gasteiger partial charge in [0.2, 0.25) is 5.91 Å². The van der Waals surface area contributed by atoms with E-state index in [9.17, 15) is 19.3 Å². The normalized spacial score (nSPS) is 21.4. The lowest BCUT2D eigenvalue weighted by atomic mass is 9.96. The van der Waals surface area contributed by atoms with E-state index in [0.717, 1.165) is 42.0 Å². The number of aliphatic imine (C=N–C) groups is 1. The van der Waals surface area contributed by atoms with E-state index in [1.807, 2.05) is 11.9 Å². The number of halogens is 2. The molecule has 7 nitrogen and oxygen atoms in total. The van der Waals surface area contributed by atoms with Gasteiger partial charge >= 0.3 is 0 Å². The average Bonchev–Trinajstić information content (AvgIpc) is 2.97. The maximum absolute atomic E-state index is 13.8. The first kappa shape index (κ1) is 22.4. The first-order chi connectivity index (χ1) is 12.9. The fraction of sp³-hybridized carbons (Fsp3) is 0.556. The third kappa shape index (κ3) is 5.57. The number of rotatable bonds is 5. The highest BCUT2D eigenvalue weighted by Crippen LogP contribution is 2.29. The van der Waals surface area contributed by atoms with Crippen LogP contribution >= 0.6 is 24.2 Å². The molecule has 10 heteroatoms. The topological polar surface area (TPSA) is 87.8 Å². The molecule has 1 aromatic carbocycles. The molecule has 2 aliphatic rings. The molecule has 1 saturated carbocycles. The number of nitrogens with zero attached hydrogens (tertiary/aromatic N) is 3. The van der Waals surface area contributed by atoms with Gasteiger partial charge in [0.25, 0.3) is 5.69 Å². The van der Waals surface area contributed by atoms with Crippen molar-refractivity contribution < 1.29 is 14.1 Å². The molecular weight excluding hydrogens is 407 g/mol. The lowest BCUT2D eigenvalue weighted by Gasteiger charge is -2.23. The Hall–Kier alpha value is -1.87. The average molecular weight is 431 g/mol. The third-order valence-corrected chi connectivity index (χ3v) is 6.18. The van der Waals surface area contributed by atoms with Crippen molar-refractivity contribution in [1.29, 1.82) is 0 Å². The van der Waals surface area contributed by atoms with Gasteiger partial charge < -0.3 is 10.2 Å². The summed E-state index contributed by atoms with van der Waals surface area (Å²) < 4.78 is 13.8. The zero-order chi connectivity index (χ0) is 19.4. The van der Waals surface area contributed by atoms with Crippen LogP contribution in [0.3, 0.4) is 0 Å². The van der Waals surface area contributed by atoms with Crippen LogP contribution in [0.1, 0.15) is 38.5 Å². The molecule has 1 saturated heterocycles. The number of nitrogens with one attached hydrogen (secondary N) is 1. The van der Waals surface area contributed by atoms with Crippen LogP contribution in [0.5, 0.6) is 0 Å². The minimum atomic E-state index is -0.692. The van der Waals surface area contributed by atoms with Gasteiger partial charge in [-0.1, -0.05) is 31.0 Å². The van der Waals surface area contributed by atoms with Crippen LogP contribution in [-0.2, 0) is 4.79 Å². The molecule has 0 radical (unpaired) electrons. The number of carbonyl (C=O) groups is 1. The largest absolute Gasteiger partial charge is 0.350 e. The van der Waals surface area contributed by atoms with Crippen LogP contribution in [0.4, 0.5) is 15.8 Å². The number of hydrogen-bond donors (Lipinski definition) is 1. The van der Waals surface area contributed by atoms with E-state index in [-0.39, 0.29) is 42.2 Å². The van der Waals surface area contributed by atoms with Crippen LogP contribution in [0.25, 0.3) is 0 Å². The van der Waals surface area contributed by atoms with Gasteiger partial charge in [-0.15, -0.1) is 12.4 Å². The highest BCUT2D eigenvalue weighted by molar-refractivity contribution is 8.14. The van der Waals surface area contributed by atoms with E-state index >= 15 is 0 Å². The summed E-state index contributed by atoms with van der Waals surface area (Å²) in [5, 5.41) is 14.2. The van der Waals surface area contributed by atoms with E-state index in [0.29, 0.717) is 6.04 Å². The molecular formula is C18H24ClFN4O3S. The molecule has 1 atom stereocenters. The van der Waals surface area contributed by atoms with Gasteiger partial charge in [0, 0.05) is 37.4 Å². The Morgan fingerprint density at radius 3 is 2.79 bits per heavy atom. The molecule has 3 rings (SSSR count). The predicted molar refractivity (Wildman–Crippen MR) is 112 cm³/mol. The molecule has 0 aromatic heterocycles. The molecule has 2 fully saturated rings. The Labute approximate surface area is 173 Å². The fourth-order valence-electron chi connectivity index (χ4n) is 3.37. The lowest BCUT2D eigenvalue weighted by Crippen LogP contribution is -2.34. The molecule has 1 aromatic rings. The van der Waals surface area contributed by atoms with Gasteiger partial charge in [0.15, 0.2) is 5.17 Å². The van der Waals surface area contributed by atoms with E-state index in [1.54, 1.807) is 11.8 Å². The first-order valence-corrected chi connectivity index (χ1v) is 10.1. The van der Waals surface area contributed by atoms with Crippen molar-refractivity contribution in [3.8, 4) is 0 Å². The number of nitro benzene ring substituents is 1. The highest BCUT2D eigenvalue weighted by atomic mass is 35.5. The standard InChI is InChI=1S/C18H23FN4O3S.ClH/c1-22-14(11-27-18(22)20-12-5-3-2-4-6-12)10-17(24)21-16-9-13(23(25)26)7-8-15(16)19;/h7-9,12,14H,2-6,10-11H2,1H3,(H,21,24);1H. The molecule has 1 aliphatic heterocycles. The lowest BCUT2D eigenvalue weighted by molar-refractivity contribution is -0.384. The van der Waals surface area contributed by atoms with Crippen LogP contribution in [0, 0.1) is 15.9 Å². The van der Waals surface area contributed by atoms with Gasteiger partial charge in [-0.25, -0.2) is 4.39 Å². The summed E-state index contributed by atoms with van der Waals surface area (Å²) in [6, 6.07) is 3.44. The molecule has 1 unspecified atom stereocenters. The maximum atomic E-state index is 13.8. The van der Waals surface area contributed by atoms with Gasteiger partial charge in [-0.2, -0.15) is 0 Å². The highest BCUT2D eigenvalue weighted by Gasteiger charge is 2.30. The molecule has 1 N–H and O–H groups in total. The van der Waals surface area contributed by atoms with E-state index in [2.05, 4.69) is 5.32 Å². The summed E-state index contributed by atoms with van der Waals surface area (Å²) in [5.74, 6) is -0.319. The number of amides is 1. The second kappa shape index (κ2) is 10.1. The summed E-state index contributed by atoms with van der Waals surface area (Å²) in [5.41, 5.74) is -0.430. The Kier molecular flexibility index (Phi) is 8.06. The number of thioether (sulfide) groups is 1. The van der Waals surface area contributed by atoms with Crippen LogP contribution in [0.2, 0.25) is 0 Å². The van der Waals surface area contributed by atoms with Crippen molar-refractivity contribution >= 4 is 46.6 Å². The zero-order valence-electron chi connectivity index (χ0n) is 15.6. The fourth-order valence-corrected chi connectivity index (χ4v) is 4.63. The van der Waals surface area contributed by atoms with Gasteiger partial charge in [0.05, 0.1) is 16.7 Å². The summed E-state index contributed by atoms with van der Waals surface area (Å²) in [4.78, 5) is 29.4. The number of nitro groups is 1. The molecule has 154 valence electrons. The summed E-state index contributed by atoms with van der Waals surface area (Å²) in [6.45, 7) is 0. The van der Waals surface area contributed by atoms with Crippen LogP contribution in [-0.4, -0.2) is 45.8 Å². The number of carbonyl (C=O) groups excluding carboxylic acids is 1. The minimum absolute atomic E-state index is 0. The molecule has 0 spiro atoms. The van der Waals surface area contributed by atoms with Gasteiger partial charge in [0.1, 0.15) is 5.82 Å². The second-order valence-electron chi connectivity index (χ2n) is 6.95. The second-order valence-corrected chi connectivity index (χ2v) is 7.94. The first-order valence-electron chi connectivity index (χ1n) is 9.11. The Morgan fingerprint density at radius 2 is 2.11 bits per heavy atom. The smallest absolute Gasteiger partial charge is 0.271 e. The summed E-state index contributed by atoms with van der Waals surface area (Å²) >= 11 is 1.64. The number of non-ortho nitro benzene ring substituents is 1. The van der Waals surface area contributed by atoms with Crippen molar-refractivity contribution in [3.05, 3.63) is 34.1 Å². The van der Waals surface area contributed by atoms with Crippen LogP contribution < -0.4 is 5.32 Å². The van der Waals surface area contributed by atoms with Gasteiger partial charge in [-0.05, 0) is 18.9 Å². The SMILES string of the molecule is CN1C(=NC2CCCCC2)SCC1CC(=O)Nc1cc([N+](=O)[O-])ccc1F.Cl. The number of hydrogen-bond acceptors (Lipinski definition) is 5. The molecule has 28 heavy (non-hydrogen) atoms. The molecule has 1 aliphatic carbocycles. The van der Waals surface area contributed by atoms with E-state index < -0.39 is 10.7 Å². The van der Waals surface area contributed by atoms with Crippen molar-refractivity contribution in [1.82, 2.24) is 4.90 Å². The van der Waals surface area contributed by atoms with Gasteiger partial charge in [-0.3, -0.25) is 19.9 Å². The predicted octanol–water partition coefficient (Wildman–Crippen LogP) is 4.22. The number of amidine groups is 1. The monoisotopic (exact) mass is 430 g/mol.